The van der Waals surface area contributed by atoms with Crippen LogP contribution in [-0.4, -0.2) is 17.9 Å². The maximum Gasteiger partial charge on any atom is 0.395 e. The van der Waals surface area contributed by atoms with E-state index in [1.807, 2.05) is 6.92 Å². The van der Waals surface area contributed by atoms with Gasteiger partial charge in [-0.15, -0.1) is 0 Å². The maximum absolute atomic E-state index is 12.6. The number of aliphatic hydroxyl groups excluding tert-OH is 1. The van der Waals surface area contributed by atoms with E-state index < -0.39 is 18.7 Å². The number of benzene rings is 1. The first-order valence-corrected chi connectivity index (χ1v) is 4.69. The van der Waals surface area contributed by atoms with Crippen molar-refractivity contribution < 1.29 is 18.3 Å². The molecule has 0 heterocycles. The van der Waals surface area contributed by atoms with E-state index in [1.54, 1.807) is 12.1 Å². The molecule has 0 fully saturated rings. The molecule has 0 saturated heterocycles. The lowest BCUT2D eigenvalue weighted by Crippen LogP contribution is -2.21. The highest BCUT2D eigenvalue weighted by Gasteiger charge is 2.39. The zero-order chi connectivity index (χ0) is 11.5. The van der Waals surface area contributed by atoms with Gasteiger partial charge in [0.05, 0.1) is 5.92 Å². The third-order valence-electron chi connectivity index (χ3n) is 2.29. The molecule has 1 nitrogen and oxygen atoms in total. The van der Waals surface area contributed by atoms with Gasteiger partial charge in [0.2, 0.25) is 0 Å². The predicted octanol–water partition coefficient (Wildman–Crippen LogP) is 3.02. The van der Waals surface area contributed by atoms with E-state index in [2.05, 4.69) is 0 Å². The second-order valence-electron chi connectivity index (χ2n) is 3.52. The molecule has 1 rings (SSSR count). The highest BCUT2D eigenvalue weighted by Crippen LogP contribution is 2.37. The SMILES string of the molecule is Cc1ccc(C(CCO)C(F)(F)F)cc1. The van der Waals surface area contributed by atoms with E-state index in [1.165, 1.54) is 12.1 Å². The summed E-state index contributed by atoms with van der Waals surface area (Å²) < 4.78 is 37.7. The second kappa shape index (κ2) is 4.66. The van der Waals surface area contributed by atoms with Gasteiger partial charge in [-0.2, -0.15) is 13.2 Å². The van der Waals surface area contributed by atoms with Gasteiger partial charge in [-0.25, -0.2) is 0 Å². The van der Waals surface area contributed by atoms with Crippen molar-refractivity contribution in [2.75, 3.05) is 6.61 Å². The number of halogens is 3. The summed E-state index contributed by atoms with van der Waals surface area (Å²) >= 11 is 0. The van der Waals surface area contributed by atoms with Crippen molar-refractivity contribution in [3.8, 4) is 0 Å². The van der Waals surface area contributed by atoms with Gasteiger partial charge in [-0.1, -0.05) is 29.8 Å². The van der Waals surface area contributed by atoms with Gasteiger partial charge >= 0.3 is 6.18 Å². The molecule has 1 unspecified atom stereocenters. The van der Waals surface area contributed by atoms with E-state index in [-0.39, 0.29) is 12.0 Å². The normalized spacial score (nSPS) is 13.9. The van der Waals surface area contributed by atoms with Gasteiger partial charge in [0.25, 0.3) is 0 Å². The third-order valence-corrected chi connectivity index (χ3v) is 2.29. The molecule has 0 radical (unpaired) electrons. The topological polar surface area (TPSA) is 20.2 Å². The first kappa shape index (κ1) is 12.0. The summed E-state index contributed by atoms with van der Waals surface area (Å²) in [4.78, 5) is 0. The van der Waals surface area contributed by atoms with Gasteiger partial charge in [0, 0.05) is 6.61 Å². The minimum absolute atomic E-state index is 0.210. The van der Waals surface area contributed by atoms with Gasteiger partial charge in [-0.05, 0) is 18.9 Å². The number of hydrogen-bond donors (Lipinski definition) is 1. The summed E-state index contributed by atoms with van der Waals surface area (Å²) in [5.74, 6) is -1.57. The van der Waals surface area contributed by atoms with E-state index >= 15 is 0 Å². The summed E-state index contributed by atoms with van der Waals surface area (Å²) in [5.41, 5.74) is 1.13. The predicted molar refractivity (Wildman–Crippen MR) is 51.7 cm³/mol. The average molecular weight is 218 g/mol. The molecule has 0 bridgehead atoms. The number of rotatable bonds is 3. The largest absolute Gasteiger partial charge is 0.396 e. The molecule has 0 aliphatic rings. The zero-order valence-corrected chi connectivity index (χ0v) is 8.38. The Bertz CT molecular complexity index is 303. The molecule has 15 heavy (non-hydrogen) atoms. The van der Waals surface area contributed by atoms with Crippen LogP contribution in [0.2, 0.25) is 0 Å². The van der Waals surface area contributed by atoms with E-state index in [4.69, 9.17) is 5.11 Å². The Balaban J connectivity index is 2.94. The van der Waals surface area contributed by atoms with Crippen LogP contribution in [0.4, 0.5) is 13.2 Å². The van der Waals surface area contributed by atoms with Crippen LogP contribution in [0.3, 0.4) is 0 Å². The first-order chi connectivity index (χ1) is 6.95. The van der Waals surface area contributed by atoms with Crippen molar-refractivity contribution in [2.24, 2.45) is 0 Å². The molecule has 84 valence electrons. The fourth-order valence-corrected chi connectivity index (χ4v) is 1.45. The summed E-state index contributed by atoms with van der Waals surface area (Å²) in [6.45, 7) is 1.36. The van der Waals surface area contributed by atoms with Crippen molar-refractivity contribution in [3.63, 3.8) is 0 Å². The van der Waals surface area contributed by atoms with Crippen molar-refractivity contribution in [3.05, 3.63) is 35.4 Å². The van der Waals surface area contributed by atoms with Crippen LogP contribution >= 0.6 is 0 Å². The van der Waals surface area contributed by atoms with Crippen LogP contribution in [-0.2, 0) is 0 Å². The Hall–Kier alpha value is -1.03. The van der Waals surface area contributed by atoms with E-state index in [9.17, 15) is 13.2 Å². The van der Waals surface area contributed by atoms with Crippen LogP contribution in [0, 0.1) is 6.92 Å². The summed E-state index contributed by atoms with van der Waals surface area (Å²) in [6, 6.07) is 6.21. The van der Waals surface area contributed by atoms with E-state index in [0.29, 0.717) is 0 Å². The molecule has 0 aromatic heterocycles. The summed E-state index contributed by atoms with van der Waals surface area (Å²) in [5, 5.41) is 8.62. The van der Waals surface area contributed by atoms with Crippen molar-refractivity contribution >= 4 is 0 Å². The minimum Gasteiger partial charge on any atom is -0.396 e. The number of hydrogen-bond acceptors (Lipinski definition) is 1. The Morgan fingerprint density at radius 3 is 2.13 bits per heavy atom. The number of aryl methyl sites for hydroxylation is 1. The van der Waals surface area contributed by atoms with Crippen LogP contribution in [0.5, 0.6) is 0 Å². The molecule has 1 aromatic carbocycles. The molecule has 1 aromatic rings. The molecule has 0 spiro atoms. The van der Waals surface area contributed by atoms with Crippen LogP contribution in [0.25, 0.3) is 0 Å². The highest BCUT2D eigenvalue weighted by atomic mass is 19.4. The first-order valence-electron chi connectivity index (χ1n) is 4.69. The number of alkyl halides is 3. The lowest BCUT2D eigenvalue weighted by atomic mass is 9.95. The van der Waals surface area contributed by atoms with Gasteiger partial charge in [-0.3, -0.25) is 0 Å². The summed E-state index contributed by atoms with van der Waals surface area (Å²) in [6.07, 6.45) is -4.58. The fraction of sp³-hybridized carbons (Fsp3) is 0.455. The zero-order valence-electron chi connectivity index (χ0n) is 8.38. The smallest absolute Gasteiger partial charge is 0.395 e. The molecular weight excluding hydrogens is 205 g/mol. The lowest BCUT2D eigenvalue weighted by molar-refractivity contribution is -0.153. The molecule has 0 amide bonds. The Morgan fingerprint density at radius 2 is 1.73 bits per heavy atom. The maximum atomic E-state index is 12.6. The summed E-state index contributed by atoms with van der Waals surface area (Å²) in [7, 11) is 0. The molecule has 0 saturated carbocycles. The minimum atomic E-state index is -4.29. The quantitative estimate of drug-likeness (QED) is 0.826. The second-order valence-corrected chi connectivity index (χ2v) is 3.52. The third kappa shape index (κ3) is 3.23. The van der Waals surface area contributed by atoms with Crippen molar-refractivity contribution in [2.45, 2.75) is 25.4 Å². The molecule has 4 heteroatoms. The average Bonchev–Trinajstić information content (AvgIpc) is 2.14. The number of aliphatic hydroxyl groups is 1. The van der Waals surface area contributed by atoms with Crippen LogP contribution < -0.4 is 0 Å². The Labute approximate surface area is 86.5 Å². The molecule has 0 aliphatic carbocycles. The monoisotopic (exact) mass is 218 g/mol. The standard InChI is InChI=1S/C11H13F3O/c1-8-2-4-9(5-3-8)10(6-7-15)11(12,13)14/h2-5,10,15H,6-7H2,1H3. The molecule has 1 N–H and O–H groups in total. The van der Waals surface area contributed by atoms with Gasteiger partial charge in [0.1, 0.15) is 0 Å². The Kier molecular flexibility index (Phi) is 3.74. The van der Waals surface area contributed by atoms with E-state index in [0.717, 1.165) is 5.56 Å². The van der Waals surface area contributed by atoms with Gasteiger partial charge < -0.3 is 5.11 Å². The Morgan fingerprint density at radius 1 is 1.20 bits per heavy atom. The van der Waals surface area contributed by atoms with Crippen molar-refractivity contribution in [1.29, 1.82) is 0 Å². The van der Waals surface area contributed by atoms with Gasteiger partial charge in [0.15, 0.2) is 0 Å². The molecule has 1 atom stereocenters. The fourth-order valence-electron chi connectivity index (χ4n) is 1.45. The highest BCUT2D eigenvalue weighted by molar-refractivity contribution is 5.25. The van der Waals surface area contributed by atoms with Crippen LogP contribution in [0.1, 0.15) is 23.5 Å². The molecular formula is C11H13F3O. The van der Waals surface area contributed by atoms with Crippen molar-refractivity contribution in [1.82, 2.24) is 0 Å². The molecule has 0 aliphatic heterocycles. The van der Waals surface area contributed by atoms with Crippen LogP contribution in [0.15, 0.2) is 24.3 Å². The lowest BCUT2D eigenvalue weighted by Gasteiger charge is -2.19.